The summed E-state index contributed by atoms with van der Waals surface area (Å²) < 4.78 is 5.86. The first-order valence-corrected chi connectivity index (χ1v) is 6.65. The highest BCUT2D eigenvalue weighted by Crippen LogP contribution is 2.32. The lowest BCUT2D eigenvalue weighted by Gasteiger charge is -2.12. The van der Waals surface area contributed by atoms with Crippen molar-refractivity contribution in [1.29, 1.82) is 0 Å². The third kappa shape index (κ3) is 3.28. The number of aryl methyl sites for hydroxylation is 2. The van der Waals surface area contributed by atoms with Crippen molar-refractivity contribution in [3.8, 4) is 11.5 Å². The Balaban J connectivity index is 2.28. The Kier molecular flexibility index (Phi) is 4.13. The third-order valence-electron chi connectivity index (χ3n) is 3.03. The van der Waals surface area contributed by atoms with E-state index in [9.17, 15) is 0 Å². The largest absolute Gasteiger partial charge is 0.456 e. The highest BCUT2D eigenvalue weighted by atomic mass is 35.5. The second-order valence-electron chi connectivity index (χ2n) is 4.85. The molecule has 19 heavy (non-hydrogen) atoms. The molecule has 0 aliphatic carbocycles. The van der Waals surface area contributed by atoms with Gasteiger partial charge in [0.1, 0.15) is 11.5 Å². The zero-order chi connectivity index (χ0) is 14.0. The number of hydrogen-bond acceptors (Lipinski definition) is 2. The van der Waals surface area contributed by atoms with Crippen LogP contribution >= 0.6 is 11.6 Å². The van der Waals surface area contributed by atoms with Gasteiger partial charge in [-0.15, -0.1) is 0 Å². The van der Waals surface area contributed by atoms with Crippen LogP contribution in [-0.4, -0.2) is 0 Å². The van der Waals surface area contributed by atoms with E-state index in [0.29, 0.717) is 10.8 Å². The monoisotopic (exact) mass is 275 g/mol. The molecule has 2 aromatic carbocycles. The Morgan fingerprint density at radius 3 is 2.32 bits per heavy atom. The number of nitrogens with two attached hydrogens (primary N) is 1. The van der Waals surface area contributed by atoms with E-state index in [-0.39, 0.29) is 6.04 Å². The van der Waals surface area contributed by atoms with Crippen LogP contribution < -0.4 is 10.5 Å². The van der Waals surface area contributed by atoms with Gasteiger partial charge in [0.25, 0.3) is 0 Å². The molecule has 2 nitrogen and oxygen atoms in total. The summed E-state index contributed by atoms with van der Waals surface area (Å²) in [7, 11) is 0. The highest BCUT2D eigenvalue weighted by molar-refractivity contribution is 6.32. The fourth-order valence-electron chi connectivity index (χ4n) is 1.92. The first-order valence-electron chi connectivity index (χ1n) is 6.27. The van der Waals surface area contributed by atoms with Crippen molar-refractivity contribution >= 4 is 11.6 Å². The average molecular weight is 276 g/mol. The molecule has 1 atom stereocenters. The number of hydrogen-bond donors (Lipinski definition) is 1. The van der Waals surface area contributed by atoms with Gasteiger partial charge in [0.2, 0.25) is 0 Å². The van der Waals surface area contributed by atoms with Gasteiger partial charge in [0.15, 0.2) is 0 Å². The van der Waals surface area contributed by atoms with E-state index >= 15 is 0 Å². The first-order chi connectivity index (χ1) is 8.97. The van der Waals surface area contributed by atoms with Crippen molar-refractivity contribution < 1.29 is 4.74 Å². The molecule has 100 valence electrons. The Morgan fingerprint density at radius 1 is 1.05 bits per heavy atom. The molecule has 0 unspecified atom stereocenters. The van der Waals surface area contributed by atoms with E-state index in [0.717, 1.165) is 16.9 Å². The van der Waals surface area contributed by atoms with Crippen LogP contribution in [0.5, 0.6) is 11.5 Å². The van der Waals surface area contributed by atoms with Gasteiger partial charge in [-0.2, -0.15) is 0 Å². The van der Waals surface area contributed by atoms with Crippen LogP contribution in [0.15, 0.2) is 36.4 Å². The van der Waals surface area contributed by atoms with Gasteiger partial charge in [-0.1, -0.05) is 35.4 Å². The molecule has 0 saturated carbocycles. The first kappa shape index (κ1) is 13.9. The maximum Gasteiger partial charge on any atom is 0.146 e. The fourth-order valence-corrected chi connectivity index (χ4v) is 2.14. The summed E-state index contributed by atoms with van der Waals surface area (Å²) in [6.07, 6.45) is 0. The zero-order valence-electron chi connectivity index (χ0n) is 11.4. The molecule has 0 radical (unpaired) electrons. The zero-order valence-corrected chi connectivity index (χ0v) is 12.2. The SMILES string of the molecule is Cc1ccc(Oc2ccc([C@H](C)N)cc2Cl)c(C)c1. The van der Waals surface area contributed by atoms with Gasteiger partial charge in [0.05, 0.1) is 5.02 Å². The fraction of sp³-hybridized carbons (Fsp3) is 0.250. The Bertz CT molecular complexity index is 593. The molecule has 3 heteroatoms. The molecule has 0 bridgehead atoms. The summed E-state index contributed by atoms with van der Waals surface area (Å²) in [6, 6.07) is 11.7. The molecule has 2 rings (SSSR count). The lowest BCUT2D eigenvalue weighted by Crippen LogP contribution is -2.04. The van der Waals surface area contributed by atoms with E-state index in [1.54, 1.807) is 0 Å². The van der Waals surface area contributed by atoms with Crippen molar-refractivity contribution in [3.63, 3.8) is 0 Å². The van der Waals surface area contributed by atoms with Gasteiger partial charge in [0, 0.05) is 6.04 Å². The standard InChI is InChI=1S/C16H18ClNO/c1-10-4-6-15(11(2)8-10)19-16-7-5-13(12(3)18)9-14(16)17/h4-9,12H,18H2,1-3H3/t12-/m0/s1. The van der Waals surface area contributed by atoms with Gasteiger partial charge >= 0.3 is 0 Å². The predicted molar refractivity (Wildman–Crippen MR) is 80.0 cm³/mol. The number of rotatable bonds is 3. The van der Waals surface area contributed by atoms with Crippen molar-refractivity contribution in [3.05, 3.63) is 58.1 Å². The summed E-state index contributed by atoms with van der Waals surface area (Å²) >= 11 is 6.23. The van der Waals surface area contributed by atoms with Crippen molar-refractivity contribution in [2.24, 2.45) is 5.73 Å². The minimum Gasteiger partial charge on any atom is -0.456 e. The molecule has 0 aromatic heterocycles. The molecule has 0 aliphatic heterocycles. The van der Waals surface area contributed by atoms with E-state index in [1.165, 1.54) is 5.56 Å². The van der Waals surface area contributed by atoms with Crippen molar-refractivity contribution in [2.75, 3.05) is 0 Å². The molecule has 0 aliphatic rings. The van der Waals surface area contributed by atoms with Gasteiger partial charge in [-0.05, 0) is 50.1 Å². The van der Waals surface area contributed by atoms with Crippen LogP contribution in [0.3, 0.4) is 0 Å². The van der Waals surface area contributed by atoms with E-state index in [4.69, 9.17) is 22.1 Å². The molecule has 0 fully saturated rings. The Hall–Kier alpha value is -1.51. The normalized spacial score (nSPS) is 12.3. The summed E-state index contributed by atoms with van der Waals surface area (Å²) in [5.41, 5.74) is 9.13. The van der Waals surface area contributed by atoms with Crippen LogP contribution in [0.2, 0.25) is 5.02 Å². The smallest absolute Gasteiger partial charge is 0.146 e. The lowest BCUT2D eigenvalue weighted by molar-refractivity contribution is 0.478. The van der Waals surface area contributed by atoms with E-state index < -0.39 is 0 Å². The molecule has 2 N–H and O–H groups in total. The molecule has 2 aromatic rings. The maximum absolute atomic E-state index is 6.23. The second-order valence-corrected chi connectivity index (χ2v) is 5.26. The maximum atomic E-state index is 6.23. The van der Waals surface area contributed by atoms with Crippen molar-refractivity contribution in [2.45, 2.75) is 26.8 Å². The van der Waals surface area contributed by atoms with Gasteiger partial charge in [-0.25, -0.2) is 0 Å². The van der Waals surface area contributed by atoms with Crippen molar-refractivity contribution in [1.82, 2.24) is 0 Å². The molecule has 0 heterocycles. The summed E-state index contributed by atoms with van der Waals surface area (Å²) in [5, 5.41) is 0.578. The van der Waals surface area contributed by atoms with Crippen LogP contribution in [0, 0.1) is 13.8 Å². The quantitative estimate of drug-likeness (QED) is 0.876. The van der Waals surface area contributed by atoms with E-state index in [2.05, 4.69) is 13.0 Å². The van der Waals surface area contributed by atoms with Crippen LogP contribution in [-0.2, 0) is 0 Å². The number of ether oxygens (including phenoxy) is 1. The van der Waals surface area contributed by atoms with Gasteiger partial charge < -0.3 is 10.5 Å². The Labute approximate surface area is 119 Å². The molecule has 0 amide bonds. The number of halogens is 1. The molecular weight excluding hydrogens is 258 g/mol. The molecular formula is C16H18ClNO. The van der Waals surface area contributed by atoms with Gasteiger partial charge in [-0.3, -0.25) is 0 Å². The van der Waals surface area contributed by atoms with Crippen LogP contribution in [0.1, 0.15) is 29.7 Å². The van der Waals surface area contributed by atoms with E-state index in [1.807, 2.05) is 44.2 Å². The number of benzene rings is 2. The molecule has 0 spiro atoms. The summed E-state index contributed by atoms with van der Waals surface area (Å²) in [6.45, 7) is 6.00. The third-order valence-corrected chi connectivity index (χ3v) is 3.33. The van der Waals surface area contributed by atoms with Crippen LogP contribution in [0.4, 0.5) is 0 Å². The predicted octanol–water partition coefficient (Wildman–Crippen LogP) is 4.77. The topological polar surface area (TPSA) is 35.2 Å². The Morgan fingerprint density at radius 2 is 1.74 bits per heavy atom. The summed E-state index contributed by atoms with van der Waals surface area (Å²) in [5.74, 6) is 1.47. The minimum absolute atomic E-state index is 0.0346. The average Bonchev–Trinajstić information content (AvgIpc) is 2.34. The minimum atomic E-state index is -0.0346. The molecule has 0 saturated heterocycles. The lowest BCUT2D eigenvalue weighted by atomic mass is 10.1. The highest BCUT2D eigenvalue weighted by Gasteiger charge is 2.08. The second kappa shape index (κ2) is 5.64. The summed E-state index contributed by atoms with van der Waals surface area (Å²) in [4.78, 5) is 0. The van der Waals surface area contributed by atoms with Crippen LogP contribution in [0.25, 0.3) is 0 Å².